The maximum absolute atomic E-state index is 12.5. The zero-order valence-corrected chi connectivity index (χ0v) is 19.5. The number of carbonyl (C=O) groups is 1. The molecular formula is C23H17ClN4O5S. The van der Waals surface area contributed by atoms with E-state index in [0.717, 1.165) is 11.6 Å². The molecule has 0 unspecified atom stereocenters. The summed E-state index contributed by atoms with van der Waals surface area (Å²) in [5.41, 5.74) is 3.19. The van der Waals surface area contributed by atoms with Crippen LogP contribution in [0.5, 0.6) is 5.75 Å². The first kappa shape index (κ1) is 23.1. The van der Waals surface area contributed by atoms with Gasteiger partial charge in [-0.2, -0.15) is 0 Å². The molecule has 11 heteroatoms. The molecule has 0 fully saturated rings. The maximum atomic E-state index is 12.5. The summed E-state index contributed by atoms with van der Waals surface area (Å²) in [4.78, 5) is 27.6. The van der Waals surface area contributed by atoms with Crippen molar-refractivity contribution in [1.29, 1.82) is 0 Å². The van der Waals surface area contributed by atoms with Crippen LogP contribution in [-0.2, 0) is 0 Å². The molecule has 172 valence electrons. The van der Waals surface area contributed by atoms with Crippen molar-refractivity contribution in [3.05, 3.63) is 80.9 Å². The second-order valence-electron chi connectivity index (χ2n) is 7.24. The summed E-state index contributed by atoms with van der Waals surface area (Å²) in [6.07, 6.45) is 0. The van der Waals surface area contributed by atoms with Crippen LogP contribution < -0.4 is 15.4 Å². The van der Waals surface area contributed by atoms with E-state index in [2.05, 4.69) is 15.6 Å². The van der Waals surface area contributed by atoms with Crippen molar-refractivity contribution in [3.63, 3.8) is 0 Å². The fourth-order valence-electron chi connectivity index (χ4n) is 3.23. The number of carbonyl (C=O) groups excluding carboxylic acids is 1. The number of amides is 1. The number of hydrogen-bond donors (Lipinski definition) is 2. The molecule has 0 saturated heterocycles. The molecule has 1 heterocycles. The molecule has 3 aromatic carbocycles. The number of aryl methyl sites for hydroxylation is 1. The van der Waals surface area contributed by atoms with Gasteiger partial charge in [-0.05, 0) is 67.2 Å². The molecule has 0 aliphatic heterocycles. The summed E-state index contributed by atoms with van der Waals surface area (Å²) in [5.74, 6) is -0.230. The predicted molar refractivity (Wildman–Crippen MR) is 133 cm³/mol. The molecule has 1 amide bonds. The van der Waals surface area contributed by atoms with Gasteiger partial charge in [0.2, 0.25) is 5.89 Å². The Morgan fingerprint density at radius 3 is 2.71 bits per heavy atom. The van der Waals surface area contributed by atoms with E-state index in [-0.39, 0.29) is 22.1 Å². The molecule has 0 aliphatic carbocycles. The Morgan fingerprint density at radius 1 is 1.18 bits per heavy atom. The van der Waals surface area contributed by atoms with Gasteiger partial charge in [0.1, 0.15) is 5.52 Å². The van der Waals surface area contributed by atoms with Crippen LogP contribution in [0.15, 0.2) is 59.0 Å². The Balaban J connectivity index is 1.52. The van der Waals surface area contributed by atoms with Crippen LogP contribution in [0, 0.1) is 17.0 Å². The van der Waals surface area contributed by atoms with Crippen LogP contribution >= 0.6 is 23.8 Å². The SMILES string of the molecule is COc1ccc(C(=O)NC(=S)Nc2ccc(Cl)c(-c3nc4cc(C)ccc4o3)c2)cc1[N+](=O)[O-]. The summed E-state index contributed by atoms with van der Waals surface area (Å²) < 4.78 is 10.8. The average Bonchev–Trinajstić information content (AvgIpc) is 3.22. The molecule has 4 aromatic rings. The van der Waals surface area contributed by atoms with E-state index in [1.807, 2.05) is 25.1 Å². The molecule has 0 spiro atoms. The number of fused-ring (bicyclic) bond motifs is 1. The van der Waals surface area contributed by atoms with Gasteiger partial charge in [0.25, 0.3) is 5.91 Å². The zero-order chi connectivity index (χ0) is 24.4. The van der Waals surface area contributed by atoms with Gasteiger partial charge in [-0.1, -0.05) is 17.7 Å². The number of nitrogens with zero attached hydrogens (tertiary/aromatic N) is 2. The van der Waals surface area contributed by atoms with Crippen molar-refractivity contribution in [2.45, 2.75) is 6.92 Å². The number of hydrogen-bond acceptors (Lipinski definition) is 7. The summed E-state index contributed by atoms with van der Waals surface area (Å²) in [6.45, 7) is 1.96. The van der Waals surface area contributed by atoms with E-state index in [9.17, 15) is 14.9 Å². The first-order valence-electron chi connectivity index (χ1n) is 9.87. The third-order valence-corrected chi connectivity index (χ3v) is 5.40. The molecular weight excluding hydrogens is 480 g/mol. The van der Waals surface area contributed by atoms with Gasteiger partial charge in [0.15, 0.2) is 16.4 Å². The van der Waals surface area contributed by atoms with E-state index in [4.69, 9.17) is 33.0 Å². The largest absolute Gasteiger partial charge is 0.490 e. The van der Waals surface area contributed by atoms with Crippen LogP contribution in [-0.4, -0.2) is 28.0 Å². The molecule has 9 nitrogen and oxygen atoms in total. The Labute approximate surface area is 203 Å². The Kier molecular flexibility index (Phi) is 6.44. The normalized spacial score (nSPS) is 10.7. The molecule has 0 bridgehead atoms. The van der Waals surface area contributed by atoms with Crippen LogP contribution in [0.3, 0.4) is 0 Å². The van der Waals surface area contributed by atoms with Crippen LogP contribution in [0.2, 0.25) is 5.02 Å². The van der Waals surface area contributed by atoms with Crippen LogP contribution in [0.1, 0.15) is 15.9 Å². The van der Waals surface area contributed by atoms with Crippen molar-refractivity contribution >= 4 is 57.3 Å². The lowest BCUT2D eigenvalue weighted by atomic mass is 10.1. The Morgan fingerprint density at radius 2 is 1.97 bits per heavy atom. The lowest BCUT2D eigenvalue weighted by Gasteiger charge is -2.11. The summed E-state index contributed by atoms with van der Waals surface area (Å²) in [7, 11) is 1.31. The molecule has 1 aromatic heterocycles. The van der Waals surface area contributed by atoms with Crippen LogP contribution in [0.4, 0.5) is 11.4 Å². The molecule has 34 heavy (non-hydrogen) atoms. The molecule has 4 rings (SSSR count). The number of nitro groups is 1. The monoisotopic (exact) mass is 496 g/mol. The van der Waals surface area contributed by atoms with E-state index >= 15 is 0 Å². The second-order valence-corrected chi connectivity index (χ2v) is 8.05. The minimum absolute atomic E-state index is 0.00932. The van der Waals surface area contributed by atoms with Gasteiger partial charge < -0.3 is 14.5 Å². The molecule has 0 atom stereocenters. The van der Waals surface area contributed by atoms with E-state index in [1.165, 1.54) is 19.2 Å². The fourth-order valence-corrected chi connectivity index (χ4v) is 3.64. The average molecular weight is 497 g/mol. The maximum Gasteiger partial charge on any atom is 0.311 e. The zero-order valence-electron chi connectivity index (χ0n) is 17.9. The van der Waals surface area contributed by atoms with Gasteiger partial charge in [-0.3, -0.25) is 20.2 Å². The first-order valence-corrected chi connectivity index (χ1v) is 10.7. The number of ether oxygens (including phenoxy) is 1. The van der Waals surface area contributed by atoms with Crippen molar-refractivity contribution in [1.82, 2.24) is 10.3 Å². The fraction of sp³-hybridized carbons (Fsp3) is 0.0870. The highest BCUT2D eigenvalue weighted by molar-refractivity contribution is 7.80. The quantitative estimate of drug-likeness (QED) is 0.211. The van der Waals surface area contributed by atoms with Gasteiger partial charge in [0.05, 0.1) is 22.6 Å². The number of nitro benzene ring substituents is 1. The van der Waals surface area contributed by atoms with Gasteiger partial charge in [0, 0.05) is 17.3 Å². The predicted octanol–water partition coefficient (Wildman–Crippen LogP) is 5.50. The topological polar surface area (TPSA) is 120 Å². The summed E-state index contributed by atoms with van der Waals surface area (Å²) in [6, 6.07) is 14.6. The van der Waals surface area contributed by atoms with Gasteiger partial charge in [-0.25, -0.2) is 4.98 Å². The lowest BCUT2D eigenvalue weighted by Crippen LogP contribution is -2.34. The van der Waals surface area contributed by atoms with Gasteiger partial charge in [-0.15, -0.1) is 0 Å². The highest BCUT2D eigenvalue weighted by Crippen LogP contribution is 2.32. The van der Waals surface area contributed by atoms with E-state index in [1.54, 1.807) is 18.2 Å². The smallest absolute Gasteiger partial charge is 0.311 e. The van der Waals surface area contributed by atoms with Crippen molar-refractivity contribution in [2.24, 2.45) is 0 Å². The third-order valence-electron chi connectivity index (χ3n) is 4.86. The Bertz CT molecular complexity index is 1450. The number of nitrogens with one attached hydrogen (secondary N) is 2. The number of methoxy groups -OCH3 is 1. The number of rotatable bonds is 5. The van der Waals surface area contributed by atoms with E-state index < -0.39 is 10.8 Å². The van der Waals surface area contributed by atoms with Crippen LogP contribution in [0.25, 0.3) is 22.6 Å². The lowest BCUT2D eigenvalue weighted by molar-refractivity contribution is -0.385. The van der Waals surface area contributed by atoms with Crippen molar-refractivity contribution in [2.75, 3.05) is 12.4 Å². The highest BCUT2D eigenvalue weighted by atomic mass is 35.5. The highest BCUT2D eigenvalue weighted by Gasteiger charge is 2.19. The number of oxazole rings is 1. The number of benzene rings is 3. The summed E-state index contributed by atoms with van der Waals surface area (Å²) >= 11 is 11.6. The minimum Gasteiger partial charge on any atom is -0.490 e. The third kappa shape index (κ3) is 4.82. The second kappa shape index (κ2) is 9.46. The first-order chi connectivity index (χ1) is 16.2. The standard InChI is InChI=1S/C23H17ClN4O5S/c1-12-3-7-19-17(9-12)26-22(33-19)15-11-14(5-6-16(15)24)25-23(34)27-21(29)13-4-8-20(32-2)18(10-13)28(30)31/h3-11H,1-2H3,(H2,25,27,29,34). The molecule has 0 radical (unpaired) electrons. The Hall–Kier alpha value is -4.02. The van der Waals surface area contributed by atoms with Gasteiger partial charge >= 0.3 is 5.69 Å². The number of thiocarbonyl (C=S) groups is 1. The molecule has 0 saturated carbocycles. The van der Waals surface area contributed by atoms with Crippen molar-refractivity contribution < 1.29 is 18.9 Å². The molecule has 0 aliphatic rings. The van der Waals surface area contributed by atoms with Crippen molar-refractivity contribution in [3.8, 4) is 17.2 Å². The molecule has 2 N–H and O–H groups in total. The number of halogens is 1. The summed E-state index contributed by atoms with van der Waals surface area (Å²) in [5, 5.41) is 17.0. The number of aromatic nitrogens is 1. The van der Waals surface area contributed by atoms with E-state index in [0.29, 0.717) is 33.3 Å². The number of anilines is 1. The minimum atomic E-state index is -0.630.